The van der Waals surface area contributed by atoms with Crippen LogP contribution in [0.1, 0.15) is 19.4 Å². The molecule has 0 amide bonds. The first kappa shape index (κ1) is 9.58. The van der Waals surface area contributed by atoms with Crippen molar-refractivity contribution >= 4 is 6.21 Å². The molecule has 0 saturated carbocycles. The summed E-state index contributed by atoms with van der Waals surface area (Å²) in [6.45, 7) is 3.90. The molecular formula is C10H13NO2. The van der Waals surface area contributed by atoms with E-state index in [1.807, 2.05) is 38.1 Å². The van der Waals surface area contributed by atoms with Crippen LogP contribution >= 0.6 is 0 Å². The summed E-state index contributed by atoms with van der Waals surface area (Å²) in [4.78, 5) is 0. The standard InChI is InChI=1S/C10H13NO2/c1-8(2)13-10-6-4-3-5-9(10)7-11-12/h3-8,12H,1-2H3/b11-7-. The molecule has 70 valence electrons. The van der Waals surface area contributed by atoms with Gasteiger partial charge in [0.2, 0.25) is 0 Å². The van der Waals surface area contributed by atoms with Crippen molar-refractivity contribution in [2.24, 2.45) is 5.16 Å². The minimum absolute atomic E-state index is 0.119. The number of rotatable bonds is 3. The Morgan fingerprint density at radius 1 is 1.38 bits per heavy atom. The van der Waals surface area contributed by atoms with Crippen molar-refractivity contribution < 1.29 is 9.94 Å². The molecule has 0 spiro atoms. The molecule has 0 unspecified atom stereocenters. The van der Waals surface area contributed by atoms with E-state index in [4.69, 9.17) is 9.94 Å². The molecule has 0 fully saturated rings. The molecule has 1 rings (SSSR count). The maximum absolute atomic E-state index is 8.39. The normalized spacial score (nSPS) is 11.0. The first-order valence-electron chi connectivity index (χ1n) is 4.17. The predicted molar refractivity (Wildman–Crippen MR) is 51.6 cm³/mol. The summed E-state index contributed by atoms with van der Waals surface area (Å²) in [6, 6.07) is 7.42. The van der Waals surface area contributed by atoms with Crippen LogP contribution < -0.4 is 4.74 Å². The lowest BCUT2D eigenvalue weighted by atomic mass is 10.2. The first-order chi connectivity index (χ1) is 6.24. The third-order valence-corrected chi connectivity index (χ3v) is 1.48. The van der Waals surface area contributed by atoms with E-state index in [-0.39, 0.29) is 6.10 Å². The Labute approximate surface area is 77.6 Å². The maximum Gasteiger partial charge on any atom is 0.128 e. The molecule has 0 aromatic heterocycles. The molecular weight excluding hydrogens is 166 g/mol. The second-order valence-electron chi connectivity index (χ2n) is 2.95. The lowest BCUT2D eigenvalue weighted by Gasteiger charge is -2.11. The fourth-order valence-electron chi connectivity index (χ4n) is 1.01. The molecule has 0 aliphatic heterocycles. The lowest BCUT2D eigenvalue weighted by molar-refractivity contribution is 0.242. The topological polar surface area (TPSA) is 41.8 Å². The molecule has 0 saturated heterocycles. The van der Waals surface area contributed by atoms with Crippen molar-refractivity contribution in [3.63, 3.8) is 0 Å². The van der Waals surface area contributed by atoms with Crippen molar-refractivity contribution in [1.29, 1.82) is 0 Å². The van der Waals surface area contributed by atoms with Crippen LogP contribution in [0.25, 0.3) is 0 Å². The summed E-state index contributed by atoms with van der Waals surface area (Å²) < 4.78 is 5.50. The highest BCUT2D eigenvalue weighted by Crippen LogP contribution is 2.17. The van der Waals surface area contributed by atoms with Gasteiger partial charge in [-0.1, -0.05) is 17.3 Å². The molecule has 0 aliphatic rings. The summed E-state index contributed by atoms with van der Waals surface area (Å²) >= 11 is 0. The van der Waals surface area contributed by atoms with E-state index in [0.717, 1.165) is 11.3 Å². The summed E-state index contributed by atoms with van der Waals surface area (Å²) in [5.74, 6) is 0.732. The molecule has 1 N–H and O–H groups in total. The Balaban J connectivity index is 2.90. The Bertz CT molecular complexity index is 295. The molecule has 3 heteroatoms. The third kappa shape index (κ3) is 2.78. The van der Waals surface area contributed by atoms with Crippen LogP contribution in [0.15, 0.2) is 29.4 Å². The molecule has 0 radical (unpaired) electrons. The highest BCUT2D eigenvalue weighted by Gasteiger charge is 2.01. The van der Waals surface area contributed by atoms with Gasteiger partial charge in [0.25, 0.3) is 0 Å². The van der Waals surface area contributed by atoms with Crippen LogP contribution in [-0.4, -0.2) is 17.5 Å². The second-order valence-corrected chi connectivity index (χ2v) is 2.95. The van der Waals surface area contributed by atoms with Gasteiger partial charge in [-0.2, -0.15) is 0 Å². The minimum Gasteiger partial charge on any atom is -0.490 e. The average Bonchev–Trinajstić information content (AvgIpc) is 2.08. The van der Waals surface area contributed by atoms with Crippen LogP contribution in [0.5, 0.6) is 5.75 Å². The van der Waals surface area contributed by atoms with E-state index in [1.165, 1.54) is 6.21 Å². The van der Waals surface area contributed by atoms with E-state index in [9.17, 15) is 0 Å². The Morgan fingerprint density at radius 3 is 2.69 bits per heavy atom. The van der Waals surface area contributed by atoms with Gasteiger partial charge in [-0.15, -0.1) is 0 Å². The van der Waals surface area contributed by atoms with E-state index in [1.54, 1.807) is 0 Å². The van der Waals surface area contributed by atoms with Crippen molar-refractivity contribution in [3.8, 4) is 5.75 Å². The zero-order valence-electron chi connectivity index (χ0n) is 7.77. The molecule has 0 aliphatic carbocycles. The summed E-state index contributed by atoms with van der Waals surface area (Å²) in [5, 5.41) is 11.4. The second kappa shape index (κ2) is 4.50. The highest BCUT2D eigenvalue weighted by molar-refractivity contribution is 5.82. The van der Waals surface area contributed by atoms with Crippen molar-refractivity contribution in [3.05, 3.63) is 29.8 Å². The van der Waals surface area contributed by atoms with Gasteiger partial charge >= 0.3 is 0 Å². The van der Waals surface area contributed by atoms with Crippen LogP contribution in [0.4, 0.5) is 0 Å². The zero-order valence-corrected chi connectivity index (χ0v) is 7.77. The van der Waals surface area contributed by atoms with Crippen LogP contribution in [0, 0.1) is 0 Å². The number of ether oxygens (including phenoxy) is 1. The number of hydrogen-bond donors (Lipinski definition) is 1. The lowest BCUT2D eigenvalue weighted by Crippen LogP contribution is -2.07. The molecule has 13 heavy (non-hydrogen) atoms. The fraction of sp³-hybridized carbons (Fsp3) is 0.300. The van der Waals surface area contributed by atoms with Gasteiger partial charge in [-0.3, -0.25) is 0 Å². The van der Waals surface area contributed by atoms with Gasteiger partial charge in [0.15, 0.2) is 0 Å². The minimum atomic E-state index is 0.119. The molecule has 1 aromatic rings. The molecule has 0 atom stereocenters. The Kier molecular flexibility index (Phi) is 3.31. The predicted octanol–water partition coefficient (Wildman–Crippen LogP) is 2.28. The average molecular weight is 179 g/mol. The van der Waals surface area contributed by atoms with E-state index >= 15 is 0 Å². The fourth-order valence-corrected chi connectivity index (χ4v) is 1.01. The Morgan fingerprint density at radius 2 is 2.08 bits per heavy atom. The van der Waals surface area contributed by atoms with Gasteiger partial charge in [0.05, 0.1) is 12.3 Å². The largest absolute Gasteiger partial charge is 0.490 e. The molecule has 0 heterocycles. The summed E-state index contributed by atoms with van der Waals surface area (Å²) in [6.07, 6.45) is 1.48. The summed E-state index contributed by atoms with van der Waals surface area (Å²) in [7, 11) is 0. The quantitative estimate of drug-likeness (QED) is 0.439. The molecule has 3 nitrogen and oxygen atoms in total. The van der Waals surface area contributed by atoms with Crippen molar-refractivity contribution in [1.82, 2.24) is 0 Å². The van der Waals surface area contributed by atoms with Gasteiger partial charge in [0.1, 0.15) is 5.75 Å². The third-order valence-electron chi connectivity index (χ3n) is 1.48. The van der Waals surface area contributed by atoms with Crippen LogP contribution in [0.2, 0.25) is 0 Å². The number of hydrogen-bond acceptors (Lipinski definition) is 3. The Hall–Kier alpha value is -1.51. The SMILES string of the molecule is CC(C)Oc1ccccc1/C=N\O. The number of nitrogens with zero attached hydrogens (tertiary/aromatic N) is 1. The number of para-hydroxylation sites is 1. The van der Waals surface area contributed by atoms with Crippen molar-refractivity contribution in [2.75, 3.05) is 0 Å². The zero-order chi connectivity index (χ0) is 9.68. The van der Waals surface area contributed by atoms with Crippen LogP contribution in [0.3, 0.4) is 0 Å². The van der Waals surface area contributed by atoms with Crippen molar-refractivity contribution in [2.45, 2.75) is 20.0 Å². The van der Waals surface area contributed by atoms with Crippen LogP contribution in [-0.2, 0) is 0 Å². The van der Waals surface area contributed by atoms with Gasteiger partial charge in [-0.25, -0.2) is 0 Å². The van der Waals surface area contributed by atoms with E-state index < -0.39 is 0 Å². The van der Waals surface area contributed by atoms with E-state index in [2.05, 4.69) is 5.16 Å². The number of benzene rings is 1. The molecule has 1 aromatic carbocycles. The maximum atomic E-state index is 8.39. The monoisotopic (exact) mass is 179 g/mol. The summed E-state index contributed by atoms with van der Waals surface area (Å²) in [5.41, 5.74) is 0.777. The number of oxime groups is 1. The van der Waals surface area contributed by atoms with Gasteiger partial charge in [0, 0.05) is 5.56 Å². The highest BCUT2D eigenvalue weighted by atomic mass is 16.5. The first-order valence-corrected chi connectivity index (χ1v) is 4.17. The van der Waals surface area contributed by atoms with Gasteiger partial charge in [-0.05, 0) is 26.0 Å². The van der Waals surface area contributed by atoms with E-state index in [0.29, 0.717) is 0 Å². The van der Waals surface area contributed by atoms with Gasteiger partial charge < -0.3 is 9.94 Å². The smallest absolute Gasteiger partial charge is 0.128 e. The molecule has 0 bridgehead atoms.